The third-order valence-electron chi connectivity index (χ3n) is 9.29. The number of aryl methyl sites for hydroxylation is 1. The Bertz CT molecular complexity index is 1750. The fourth-order valence-corrected chi connectivity index (χ4v) is 8.74. The Morgan fingerprint density at radius 2 is 1.24 bits per heavy atom. The minimum atomic E-state index is -0.0783. The van der Waals surface area contributed by atoms with E-state index in [1.54, 1.807) is 0 Å². The lowest BCUT2D eigenvalue weighted by molar-refractivity contribution is 0.0645. The molecule has 0 unspecified atom stereocenters. The van der Waals surface area contributed by atoms with Gasteiger partial charge < -0.3 is 5.11 Å². The maximum atomic E-state index is 11.7. The maximum absolute atomic E-state index is 11.7. The molecule has 0 aliphatic heterocycles. The first-order chi connectivity index (χ1) is 18.1. The van der Waals surface area contributed by atoms with Crippen molar-refractivity contribution in [1.29, 1.82) is 0 Å². The smallest absolute Gasteiger partial charge is 0.123 e. The molecule has 38 heavy (non-hydrogen) atoms. The van der Waals surface area contributed by atoms with Crippen molar-refractivity contribution < 1.29 is 5.11 Å². The number of hydrogen-bond donors (Lipinski definition) is 1. The first-order valence-electron chi connectivity index (χ1n) is 14.0. The molecule has 0 amide bonds. The van der Waals surface area contributed by atoms with Gasteiger partial charge in [0.05, 0.1) is 0 Å². The summed E-state index contributed by atoms with van der Waals surface area (Å²) in [7, 11) is 0. The van der Waals surface area contributed by atoms with Gasteiger partial charge in [-0.05, 0) is 104 Å². The second-order valence-electron chi connectivity index (χ2n) is 13.5. The van der Waals surface area contributed by atoms with Gasteiger partial charge in [0, 0.05) is 10.8 Å². The molecule has 1 fully saturated rings. The van der Waals surface area contributed by atoms with E-state index in [0.717, 1.165) is 18.2 Å². The Morgan fingerprint density at radius 3 is 2.03 bits per heavy atom. The van der Waals surface area contributed by atoms with Crippen LogP contribution in [0.15, 0.2) is 84.9 Å². The lowest BCUT2D eigenvalue weighted by Crippen LogP contribution is -2.43. The summed E-state index contributed by atoms with van der Waals surface area (Å²) in [5.74, 6) is 0.397. The van der Waals surface area contributed by atoms with Crippen molar-refractivity contribution in [2.24, 2.45) is 10.8 Å². The van der Waals surface area contributed by atoms with Gasteiger partial charge in [0.2, 0.25) is 0 Å². The molecule has 5 aromatic rings. The van der Waals surface area contributed by atoms with Crippen molar-refractivity contribution in [3.8, 4) is 28.0 Å². The second-order valence-corrected chi connectivity index (χ2v) is 13.5. The Kier molecular flexibility index (Phi) is 4.79. The van der Waals surface area contributed by atoms with Crippen molar-refractivity contribution in [3.63, 3.8) is 0 Å². The zero-order chi connectivity index (χ0) is 26.4. The molecule has 1 nitrogen and oxygen atoms in total. The first kappa shape index (κ1) is 23.5. The van der Waals surface area contributed by atoms with Crippen LogP contribution < -0.4 is 0 Å². The van der Waals surface area contributed by atoms with Crippen LogP contribution in [0.1, 0.15) is 63.6 Å². The minimum absolute atomic E-state index is 0.0783. The Labute approximate surface area is 226 Å². The SMILES string of the molecule is Cc1cc2c3c(cc(O)c2cc1-c1cccc2ccccc12)C1(CC(C)(C)CC(C)(C)C1)c1ccccc1-3. The lowest BCUT2D eigenvalue weighted by atomic mass is 9.52. The van der Waals surface area contributed by atoms with E-state index in [1.807, 2.05) is 0 Å². The average Bonchev–Trinajstić information content (AvgIpc) is 3.10. The molecule has 0 saturated heterocycles. The van der Waals surface area contributed by atoms with Gasteiger partial charge in [0.25, 0.3) is 0 Å². The van der Waals surface area contributed by atoms with Crippen LogP contribution in [0.25, 0.3) is 43.8 Å². The molecule has 1 spiro atoms. The van der Waals surface area contributed by atoms with E-state index in [0.29, 0.717) is 5.75 Å². The maximum Gasteiger partial charge on any atom is 0.123 e. The van der Waals surface area contributed by atoms with Gasteiger partial charge in [-0.2, -0.15) is 0 Å². The predicted octanol–water partition coefficient (Wildman–Crippen LogP) is 10.2. The fraction of sp³-hybridized carbons (Fsp3) is 0.297. The van der Waals surface area contributed by atoms with Crippen molar-refractivity contribution in [3.05, 3.63) is 102 Å². The van der Waals surface area contributed by atoms with Gasteiger partial charge >= 0.3 is 0 Å². The average molecular weight is 497 g/mol. The van der Waals surface area contributed by atoms with E-state index in [2.05, 4.69) is 120 Å². The molecule has 2 aliphatic carbocycles. The number of phenolic OH excluding ortho intramolecular Hbond substituents is 1. The molecule has 190 valence electrons. The summed E-state index contributed by atoms with van der Waals surface area (Å²) in [6, 6.07) is 30.8. The van der Waals surface area contributed by atoms with Crippen LogP contribution in [0.3, 0.4) is 0 Å². The summed E-state index contributed by atoms with van der Waals surface area (Å²) in [5, 5.41) is 16.3. The van der Waals surface area contributed by atoms with E-state index in [-0.39, 0.29) is 16.2 Å². The van der Waals surface area contributed by atoms with Crippen LogP contribution in [-0.2, 0) is 5.41 Å². The van der Waals surface area contributed by atoms with Gasteiger partial charge in [0.1, 0.15) is 5.75 Å². The molecule has 1 saturated carbocycles. The Balaban J connectivity index is 1.53. The number of benzene rings is 5. The zero-order valence-corrected chi connectivity index (χ0v) is 23.2. The molecule has 0 heterocycles. The van der Waals surface area contributed by atoms with Gasteiger partial charge in [0.15, 0.2) is 0 Å². The third kappa shape index (κ3) is 3.30. The van der Waals surface area contributed by atoms with Crippen LogP contribution in [0.5, 0.6) is 5.75 Å². The number of hydrogen-bond acceptors (Lipinski definition) is 1. The number of rotatable bonds is 1. The Morgan fingerprint density at radius 1 is 0.579 bits per heavy atom. The van der Waals surface area contributed by atoms with Gasteiger partial charge in [-0.25, -0.2) is 0 Å². The predicted molar refractivity (Wildman–Crippen MR) is 161 cm³/mol. The molecule has 0 bridgehead atoms. The summed E-state index contributed by atoms with van der Waals surface area (Å²) in [5.41, 5.74) is 9.44. The third-order valence-corrected chi connectivity index (χ3v) is 9.29. The highest BCUT2D eigenvalue weighted by molar-refractivity contribution is 6.08. The molecule has 0 radical (unpaired) electrons. The van der Waals surface area contributed by atoms with Crippen LogP contribution in [0, 0.1) is 17.8 Å². The summed E-state index contributed by atoms with van der Waals surface area (Å²) < 4.78 is 0. The van der Waals surface area contributed by atoms with Crippen molar-refractivity contribution in [1.82, 2.24) is 0 Å². The Hall–Kier alpha value is -3.58. The highest BCUT2D eigenvalue weighted by Gasteiger charge is 2.53. The highest BCUT2D eigenvalue weighted by atomic mass is 16.3. The largest absolute Gasteiger partial charge is 0.507 e. The molecule has 5 aromatic carbocycles. The van der Waals surface area contributed by atoms with Crippen molar-refractivity contribution >= 4 is 21.5 Å². The second kappa shape index (κ2) is 7.73. The molecule has 0 aromatic heterocycles. The standard InChI is InChI=1S/C37H36O/c1-23-17-30-29(18-28(23)26-15-10-12-24-11-6-7-13-25(24)26)33(38)19-32-34(30)27-14-8-9-16-31(27)37(32)21-35(2,3)20-36(4,5)22-37/h6-19,38H,20-22H2,1-5H3. The summed E-state index contributed by atoms with van der Waals surface area (Å²) in [4.78, 5) is 0. The van der Waals surface area contributed by atoms with E-state index in [1.165, 1.54) is 61.5 Å². The van der Waals surface area contributed by atoms with Crippen LogP contribution in [0.4, 0.5) is 0 Å². The topological polar surface area (TPSA) is 20.2 Å². The summed E-state index contributed by atoms with van der Waals surface area (Å²) >= 11 is 0. The van der Waals surface area contributed by atoms with Gasteiger partial charge in [-0.1, -0.05) is 100 Å². The number of phenols is 1. The fourth-order valence-electron chi connectivity index (χ4n) is 8.74. The first-order valence-corrected chi connectivity index (χ1v) is 14.0. The molecule has 7 rings (SSSR count). The van der Waals surface area contributed by atoms with Crippen LogP contribution in [-0.4, -0.2) is 5.11 Å². The number of fused-ring (bicyclic) bond motifs is 8. The summed E-state index contributed by atoms with van der Waals surface area (Å²) in [6.07, 6.45) is 3.42. The van der Waals surface area contributed by atoms with Crippen molar-refractivity contribution in [2.75, 3.05) is 0 Å². The molecule has 1 N–H and O–H groups in total. The minimum Gasteiger partial charge on any atom is -0.507 e. The van der Waals surface area contributed by atoms with Gasteiger partial charge in [-0.15, -0.1) is 0 Å². The molecule has 1 heteroatoms. The normalized spacial score (nSPS) is 18.6. The molecule has 2 aliphatic rings. The van der Waals surface area contributed by atoms with Gasteiger partial charge in [-0.3, -0.25) is 0 Å². The van der Waals surface area contributed by atoms with Crippen molar-refractivity contribution in [2.45, 2.75) is 59.3 Å². The van der Waals surface area contributed by atoms with Crippen LogP contribution in [0.2, 0.25) is 0 Å². The van der Waals surface area contributed by atoms with E-state index in [9.17, 15) is 5.11 Å². The van der Waals surface area contributed by atoms with Crippen LogP contribution >= 0.6 is 0 Å². The summed E-state index contributed by atoms with van der Waals surface area (Å²) in [6.45, 7) is 11.9. The molecular weight excluding hydrogens is 460 g/mol. The van der Waals surface area contributed by atoms with E-state index < -0.39 is 0 Å². The zero-order valence-electron chi connectivity index (χ0n) is 23.2. The monoisotopic (exact) mass is 496 g/mol. The lowest BCUT2D eigenvalue weighted by Gasteiger charge is -2.51. The molecule has 0 atom stereocenters. The molecular formula is C37H36O. The highest BCUT2D eigenvalue weighted by Crippen LogP contribution is 2.64. The van der Waals surface area contributed by atoms with E-state index >= 15 is 0 Å². The van der Waals surface area contributed by atoms with E-state index in [4.69, 9.17) is 0 Å². The number of aromatic hydroxyl groups is 1. The quantitative estimate of drug-likeness (QED) is 0.245.